The molecule has 0 saturated heterocycles. The van der Waals surface area contributed by atoms with E-state index in [2.05, 4.69) is 30.4 Å². The van der Waals surface area contributed by atoms with Crippen LogP contribution in [0.4, 0.5) is 0 Å². The summed E-state index contributed by atoms with van der Waals surface area (Å²) in [6.07, 6.45) is 6.29. The Bertz CT molecular complexity index is 908. The summed E-state index contributed by atoms with van der Waals surface area (Å²) in [6.45, 7) is 0. The second kappa shape index (κ2) is 4.59. The normalized spacial score (nSPS) is 22.8. The van der Waals surface area contributed by atoms with E-state index >= 15 is 0 Å². The lowest BCUT2D eigenvalue weighted by Gasteiger charge is -2.34. The number of hydrogen-bond donors (Lipinski definition) is 0. The van der Waals surface area contributed by atoms with Crippen LogP contribution in [-0.2, 0) is 4.74 Å². The van der Waals surface area contributed by atoms with Crippen molar-refractivity contribution in [3.8, 4) is 11.5 Å². The third kappa shape index (κ3) is 1.73. The van der Waals surface area contributed by atoms with Gasteiger partial charge in [-0.15, -0.1) is 0 Å². The first-order valence-corrected chi connectivity index (χ1v) is 7.77. The van der Waals surface area contributed by atoms with Gasteiger partial charge in [0.25, 0.3) is 0 Å². The summed E-state index contributed by atoms with van der Waals surface area (Å²) >= 11 is 0. The third-order valence-electron chi connectivity index (χ3n) is 4.70. The van der Waals surface area contributed by atoms with Crippen LogP contribution in [0.15, 0.2) is 71.4 Å². The van der Waals surface area contributed by atoms with Crippen LogP contribution in [-0.4, -0.2) is 18.9 Å². The molecular formula is C20H15NO2. The molecule has 23 heavy (non-hydrogen) atoms. The zero-order chi connectivity index (χ0) is 15.4. The number of allylic oxidation sites excluding steroid dienone is 1. The zero-order valence-corrected chi connectivity index (χ0v) is 12.7. The van der Waals surface area contributed by atoms with Gasteiger partial charge >= 0.3 is 0 Å². The molecule has 0 saturated carbocycles. The number of fused-ring (bicyclic) bond motifs is 4. The van der Waals surface area contributed by atoms with Crippen molar-refractivity contribution in [1.29, 1.82) is 0 Å². The van der Waals surface area contributed by atoms with Crippen molar-refractivity contribution in [2.75, 3.05) is 7.11 Å². The lowest BCUT2D eigenvalue weighted by atomic mass is 9.79. The van der Waals surface area contributed by atoms with Crippen molar-refractivity contribution in [2.24, 2.45) is 4.99 Å². The van der Waals surface area contributed by atoms with Crippen molar-refractivity contribution >= 4 is 5.71 Å². The quantitative estimate of drug-likeness (QED) is 0.674. The van der Waals surface area contributed by atoms with Gasteiger partial charge in [0.1, 0.15) is 17.3 Å². The fourth-order valence-corrected chi connectivity index (χ4v) is 3.63. The predicted octanol–water partition coefficient (Wildman–Crippen LogP) is 4.20. The largest absolute Gasteiger partial charge is 0.497 e. The van der Waals surface area contributed by atoms with E-state index in [1.807, 2.05) is 30.3 Å². The van der Waals surface area contributed by atoms with Crippen LogP contribution < -0.4 is 4.74 Å². The number of hydrogen-bond acceptors (Lipinski definition) is 3. The summed E-state index contributed by atoms with van der Waals surface area (Å²) < 4.78 is 11.5. The van der Waals surface area contributed by atoms with Gasteiger partial charge in [-0.2, -0.15) is 0 Å². The Balaban J connectivity index is 1.77. The van der Waals surface area contributed by atoms with Crippen molar-refractivity contribution < 1.29 is 9.47 Å². The Labute approximate surface area is 134 Å². The summed E-state index contributed by atoms with van der Waals surface area (Å²) in [5.41, 5.74) is 4.48. The molecule has 2 aromatic rings. The fraction of sp³-hybridized carbons (Fsp3) is 0.150. The molecule has 2 atom stereocenters. The van der Waals surface area contributed by atoms with Crippen molar-refractivity contribution in [3.63, 3.8) is 0 Å². The number of methoxy groups -OCH3 is 1. The molecule has 2 aromatic carbocycles. The summed E-state index contributed by atoms with van der Waals surface area (Å²) in [4.78, 5) is 5.04. The lowest BCUT2D eigenvalue weighted by molar-refractivity contribution is 0.301. The Morgan fingerprint density at radius 3 is 2.83 bits per heavy atom. The zero-order valence-electron chi connectivity index (χ0n) is 12.7. The molecular weight excluding hydrogens is 286 g/mol. The smallest absolute Gasteiger partial charge is 0.137 e. The SMILES string of the molecule is COC1=CC2c3cccc4c3C(=NC2C=C1)c1ccccc1O4. The van der Waals surface area contributed by atoms with E-state index in [0.29, 0.717) is 0 Å². The first-order chi connectivity index (χ1) is 11.3. The maximum Gasteiger partial charge on any atom is 0.137 e. The molecule has 0 bridgehead atoms. The molecule has 0 aromatic heterocycles. The van der Waals surface area contributed by atoms with Crippen LogP contribution in [0.2, 0.25) is 0 Å². The monoisotopic (exact) mass is 301 g/mol. The Morgan fingerprint density at radius 2 is 1.91 bits per heavy atom. The van der Waals surface area contributed by atoms with Gasteiger partial charge in [0, 0.05) is 17.0 Å². The Kier molecular flexibility index (Phi) is 2.54. The minimum atomic E-state index is 0.109. The van der Waals surface area contributed by atoms with Gasteiger partial charge in [0.15, 0.2) is 0 Å². The van der Waals surface area contributed by atoms with Crippen molar-refractivity contribution in [1.82, 2.24) is 0 Å². The molecule has 0 fully saturated rings. The van der Waals surface area contributed by atoms with Gasteiger partial charge in [-0.1, -0.05) is 30.3 Å². The maximum atomic E-state index is 6.11. The molecule has 2 heterocycles. The molecule has 3 aliphatic rings. The Morgan fingerprint density at radius 1 is 1.04 bits per heavy atom. The van der Waals surface area contributed by atoms with Gasteiger partial charge in [-0.25, -0.2) is 0 Å². The minimum absolute atomic E-state index is 0.109. The van der Waals surface area contributed by atoms with Crippen LogP contribution in [0, 0.1) is 0 Å². The van der Waals surface area contributed by atoms with Gasteiger partial charge < -0.3 is 9.47 Å². The topological polar surface area (TPSA) is 30.8 Å². The van der Waals surface area contributed by atoms with Crippen LogP contribution in [0.1, 0.15) is 22.6 Å². The number of benzene rings is 2. The highest BCUT2D eigenvalue weighted by Gasteiger charge is 2.36. The van der Waals surface area contributed by atoms with Gasteiger partial charge in [-0.05, 0) is 35.9 Å². The molecule has 0 N–H and O–H groups in total. The average molecular weight is 301 g/mol. The van der Waals surface area contributed by atoms with Crippen molar-refractivity contribution in [2.45, 2.75) is 12.0 Å². The summed E-state index contributed by atoms with van der Waals surface area (Å²) in [5, 5.41) is 0. The molecule has 112 valence electrons. The fourth-order valence-electron chi connectivity index (χ4n) is 3.63. The number of nitrogens with zero attached hydrogens (tertiary/aromatic N) is 1. The molecule has 5 rings (SSSR count). The van der Waals surface area contributed by atoms with Crippen LogP contribution in [0.3, 0.4) is 0 Å². The van der Waals surface area contributed by atoms with E-state index < -0.39 is 0 Å². The highest BCUT2D eigenvalue weighted by molar-refractivity contribution is 6.19. The molecule has 0 spiro atoms. The van der Waals surface area contributed by atoms with Crippen LogP contribution in [0.25, 0.3) is 0 Å². The van der Waals surface area contributed by atoms with E-state index in [1.165, 1.54) is 5.56 Å². The van der Waals surface area contributed by atoms with Gasteiger partial charge in [-0.3, -0.25) is 4.99 Å². The van der Waals surface area contributed by atoms with Crippen molar-refractivity contribution in [3.05, 3.63) is 83.1 Å². The average Bonchev–Trinajstić information content (AvgIpc) is 2.61. The number of rotatable bonds is 1. The molecule has 1 aliphatic carbocycles. The Hall–Kier alpha value is -2.81. The summed E-state index contributed by atoms with van der Waals surface area (Å²) in [7, 11) is 1.70. The lowest BCUT2D eigenvalue weighted by Crippen LogP contribution is -2.28. The second-order valence-corrected chi connectivity index (χ2v) is 5.94. The minimum Gasteiger partial charge on any atom is -0.497 e. The number of ether oxygens (including phenoxy) is 2. The summed E-state index contributed by atoms with van der Waals surface area (Å²) in [6, 6.07) is 14.5. The first kappa shape index (κ1) is 12.7. The number of para-hydroxylation sites is 1. The van der Waals surface area contributed by atoms with E-state index in [0.717, 1.165) is 34.1 Å². The molecule has 0 radical (unpaired) electrons. The van der Waals surface area contributed by atoms with Gasteiger partial charge in [0.2, 0.25) is 0 Å². The second-order valence-electron chi connectivity index (χ2n) is 5.94. The maximum absolute atomic E-state index is 6.11. The van der Waals surface area contributed by atoms with Crippen LogP contribution in [0.5, 0.6) is 11.5 Å². The van der Waals surface area contributed by atoms with Crippen LogP contribution >= 0.6 is 0 Å². The van der Waals surface area contributed by atoms with E-state index in [-0.39, 0.29) is 12.0 Å². The van der Waals surface area contributed by atoms with E-state index in [1.54, 1.807) is 7.11 Å². The highest BCUT2D eigenvalue weighted by Crippen LogP contribution is 2.45. The summed E-state index contributed by atoms with van der Waals surface area (Å²) in [5.74, 6) is 2.85. The molecule has 2 aliphatic heterocycles. The number of aliphatic imine (C=N–C) groups is 1. The predicted molar refractivity (Wildman–Crippen MR) is 89.4 cm³/mol. The first-order valence-electron chi connectivity index (χ1n) is 7.77. The molecule has 2 unspecified atom stereocenters. The third-order valence-corrected chi connectivity index (χ3v) is 4.70. The molecule has 3 nitrogen and oxygen atoms in total. The van der Waals surface area contributed by atoms with E-state index in [9.17, 15) is 0 Å². The molecule has 3 heteroatoms. The van der Waals surface area contributed by atoms with Gasteiger partial charge in [0.05, 0.1) is 18.9 Å². The highest BCUT2D eigenvalue weighted by atomic mass is 16.5. The standard InChI is InChI=1S/C20H15NO2/c1-22-12-9-10-16-15(11-12)13-6-4-8-18-19(13)20(21-16)14-5-2-3-7-17(14)23-18/h2-11,15-16H,1H3. The molecule has 0 amide bonds. The van der Waals surface area contributed by atoms with E-state index in [4.69, 9.17) is 14.5 Å².